The molecular formula is C32H36ClN5O2. The minimum Gasteiger partial charge on any atom is -0.491 e. The van der Waals surface area contributed by atoms with E-state index in [0.717, 1.165) is 70.6 Å². The summed E-state index contributed by atoms with van der Waals surface area (Å²) in [6.07, 6.45) is 0.828. The lowest BCUT2D eigenvalue weighted by Crippen LogP contribution is -2.30. The molecule has 3 aromatic carbocycles. The molecule has 40 heavy (non-hydrogen) atoms. The van der Waals surface area contributed by atoms with Crippen molar-refractivity contribution >= 4 is 23.3 Å². The summed E-state index contributed by atoms with van der Waals surface area (Å²) in [7, 11) is 0. The molecule has 1 aliphatic rings. The highest BCUT2D eigenvalue weighted by molar-refractivity contribution is 6.31. The number of fused-ring (bicyclic) bond motifs is 1. The van der Waals surface area contributed by atoms with Crippen LogP contribution in [0.15, 0.2) is 60.7 Å². The number of hydrogen-bond acceptors (Lipinski definition) is 4. The number of carbonyl (C=O) groups excluding carboxylic acids is 1. The Morgan fingerprint density at radius 1 is 1.07 bits per heavy atom. The molecule has 7 nitrogen and oxygen atoms in total. The number of nitrogens with one attached hydrogen (secondary N) is 1. The number of carbonyl (C=O) groups is 1. The van der Waals surface area contributed by atoms with Crippen molar-refractivity contribution in [2.75, 3.05) is 18.5 Å². The third-order valence-electron chi connectivity index (χ3n) is 7.26. The molecule has 0 unspecified atom stereocenters. The molecule has 0 aliphatic carbocycles. The summed E-state index contributed by atoms with van der Waals surface area (Å²) >= 11 is 6.60. The first-order chi connectivity index (χ1) is 19.2. The van der Waals surface area contributed by atoms with Crippen LogP contribution in [0.5, 0.6) is 5.75 Å². The van der Waals surface area contributed by atoms with Crippen LogP contribution in [0.2, 0.25) is 5.02 Å². The van der Waals surface area contributed by atoms with Gasteiger partial charge in [-0.25, -0.2) is 9.48 Å². The zero-order chi connectivity index (χ0) is 28.4. The Labute approximate surface area is 240 Å². The maximum absolute atomic E-state index is 11.4. The Morgan fingerprint density at radius 3 is 2.50 bits per heavy atom. The number of aryl methyl sites for hydroxylation is 2. The van der Waals surface area contributed by atoms with Gasteiger partial charge in [0.15, 0.2) is 0 Å². The van der Waals surface area contributed by atoms with Crippen molar-refractivity contribution < 1.29 is 9.53 Å². The molecule has 2 heterocycles. The van der Waals surface area contributed by atoms with E-state index in [2.05, 4.69) is 54.7 Å². The molecule has 5 rings (SSSR count). The summed E-state index contributed by atoms with van der Waals surface area (Å²) in [5.41, 5.74) is 14.6. The maximum Gasteiger partial charge on any atom is 0.316 e. The Hall–Kier alpha value is -3.81. The van der Waals surface area contributed by atoms with Crippen LogP contribution in [0.25, 0.3) is 16.9 Å². The molecule has 0 saturated carbocycles. The molecule has 0 bridgehead atoms. The first-order valence-corrected chi connectivity index (χ1v) is 14.1. The minimum absolute atomic E-state index is 0.394. The lowest BCUT2D eigenvalue weighted by Gasteiger charge is -2.28. The molecule has 2 amide bonds. The highest BCUT2D eigenvalue weighted by atomic mass is 35.5. The van der Waals surface area contributed by atoms with Crippen molar-refractivity contribution in [3.8, 4) is 22.7 Å². The first-order valence-electron chi connectivity index (χ1n) is 13.7. The second-order valence-corrected chi connectivity index (χ2v) is 11.3. The number of nitrogens with zero attached hydrogens (tertiary/aromatic N) is 3. The van der Waals surface area contributed by atoms with E-state index in [1.165, 1.54) is 11.1 Å². The van der Waals surface area contributed by atoms with Gasteiger partial charge in [-0.3, -0.25) is 4.90 Å². The number of amides is 2. The fourth-order valence-corrected chi connectivity index (χ4v) is 5.52. The number of aromatic nitrogens is 2. The predicted octanol–water partition coefficient (Wildman–Crippen LogP) is 6.89. The van der Waals surface area contributed by atoms with Gasteiger partial charge in [-0.2, -0.15) is 5.10 Å². The van der Waals surface area contributed by atoms with Gasteiger partial charge in [0, 0.05) is 47.9 Å². The second-order valence-electron chi connectivity index (χ2n) is 10.9. The Bertz CT molecular complexity index is 1510. The average Bonchev–Trinajstić information content (AvgIpc) is 3.28. The van der Waals surface area contributed by atoms with E-state index in [1.54, 1.807) is 0 Å². The topological polar surface area (TPSA) is 85.4 Å². The summed E-state index contributed by atoms with van der Waals surface area (Å²) < 4.78 is 8.35. The monoisotopic (exact) mass is 557 g/mol. The number of rotatable bonds is 8. The van der Waals surface area contributed by atoms with Crippen molar-refractivity contribution in [3.63, 3.8) is 0 Å². The summed E-state index contributed by atoms with van der Waals surface area (Å²) in [6.45, 7) is 11.5. The number of nitrogens with two attached hydrogens (primary N) is 1. The van der Waals surface area contributed by atoms with E-state index < -0.39 is 6.03 Å². The maximum atomic E-state index is 11.4. The van der Waals surface area contributed by atoms with Crippen LogP contribution in [0.4, 0.5) is 10.5 Å². The van der Waals surface area contributed by atoms with Crippen molar-refractivity contribution in [1.29, 1.82) is 0 Å². The molecule has 208 valence electrons. The van der Waals surface area contributed by atoms with Gasteiger partial charge in [-0.15, -0.1) is 0 Å². The molecule has 0 atom stereocenters. The van der Waals surface area contributed by atoms with Crippen LogP contribution in [-0.2, 0) is 19.5 Å². The number of hydrogen-bond donors (Lipinski definition) is 2. The van der Waals surface area contributed by atoms with Crippen LogP contribution in [0.1, 0.15) is 41.8 Å². The van der Waals surface area contributed by atoms with Crippen LogP contribution >= 0.6 is 11.6 Å². The minimum atomic E-state index is -0.590. The van der Waals surface area contributed by atoms with Gasteiger partial charge in [0.25, 0.3) is 0 Å². The number of halogens is 1. The van der Waals surface area contributed by atoms with Gasteiger partial charge in [0.1, 0.15) is 11.4 Å². The molecule has 0 saturated heterocycles. The van der Waals surface area contributed by atoms with Crippen LogP contribution in [0.3, 0.4) is 0 Å². The smallest absolute Gasteiger partial charge is 0.316 e. The zero-order valence-electron chi connectivity index (χ0n) is 23.5. The number of para-hydroxylation sites is 1. The van der Waals surface area contributed by atoms with Crippen LogP contribution < -0.4 is 15.8 Å². The number of ether oxygens (including phenoxy) is 1. The van der Waals surface area contributed by atoms with Crippen molar-refractivity contribution in [2.45, 2.75) is 47.2 Å². The van der Waals surface area contributed by atoms with Crippen LogP contribution in [0, 0.1) is 19.8 Å². The van der Waals surface area contributed by atoms with E-state index in [0.29, 0.717) is 18.2 Å². The summed E-state index contributed by atoms with van der Waals surface area (Å²) in [4.78, 5) is 13.8. The Morgan fingerprint density at radius 2 is 1.80 bits per heavy atom. The van der Waals surface area contributed by atoms with Crippen molar-refractivity contribution in [3.05, 3.63) is 93.6 Å². The van der Waals surface area contributed by atoms with E-state index in [9.17, 15) is 4.79 Å². The molecule has 3 N–H and O–H groups in total. The lowest BCUT2D eigenvalue weighted by atomic mass is 9.99. The third kappa shape index (κ3) is 5.86. The van der Waals surface area contributed by atoms with E-state index in [-0.39, 0.29) is 0 Å². The number of benzene rings is 3. The number of anilines is 1. The third-order valence-corrected chi connectivity index (χ3v) is 7.61. The SMILES string of the molecule is Cc1cccc(Cl)c1CN1CCc2nn(-c3c(C)cccc3OCC(C)C)c(-c3ccc(NC(N)=O)cc3)c2C1. The highest BCUT2D eigenvalue weighted by Gasteiger charge is 2.28. The van der Waals surface area contributed by atoms with Gasteiger partial charge in [-0.1, -0.05) is 61.8 Å². The molecule has 4 aromatic rings. The first kappa shape index (κ1) is 27.7. The van der Waals surface area contributed by atoms with Crippen molar-refractivity contribution in [2.24, 2.45) is 11.7 Å². The fourth-order valence-electron chi connectivity index (χ4n) is 5.24. The normalized spacial score (nSPS) is 13.3. The van der Waals surface area contributed by atoms with Gasteiger partial charge in [0.2, 0.25) is 0 Å². The zero-order valence-corrected chi connectivity index (χ0v) is 24.3. The lowest BCUT2D eigenvalue weighted by molar-refractivity contribution is 0.244. The Kier molecular flexibility index (Phi) is 8.14. The number of primary amides is 1. The van der Waals surface area contributed by atoms with Crippen molar-refractivity contribution in [1.82, 2.24) is 14.7 Å². The average molecular weight is 558 g/mol. The van der Waals surface area contributed by atoms with E-state index in [1.807, 2.05) is 48.5 Å². The second kappa shape index (κ2) is 11.7. The molecule has 1 aromatic heterocycles. The van der Waals surface area contributed by atoms with Crippen LogP contribution in [-0.4, -0.2) is 33.9 Å². The van der Waals surface area contributed by atoms with E-state index in [4.69, 9.17) is 27.2 Å². The molecule has 0 spiro atoms. The van der Waals surface area contributed by atoms with Gasteiger partial charge < -0.3 is 15.8 Å². The molecule has 0 radical (unpaired) electrons. The number of urea groups is 1. The molecular weight excluding hydrogens is 522 g/mol. The molecule has 1 aliphatic heterocycles. The summed E-state index contributed by atoms with van der Waals surface area (Å²) in [6, 6.07) is 19.3. The van der Waals surface area contributed by atoms with Gasteiger partial charge >= 0.3 is 6.03 Å². The summed E-state index contributed by atoms with van der Waals surface area (Å²) in [5.74, 6) is 1.20. The van der Waals surface area contributed by atoms with E-state index >= 15 is 0 Å². The van der Waals surface area contributed by atoms with Gasteiger partial charge in [0.05, 0.1) is 18.0 Å². The largest absolute Gasteiger partial charge is 0.491 e. The molecule has 0 fully saturated rings. The predicted molar refractivity (Wildman–Crippen MR) is 161 cm³/mol. The fraction of sp³-hybridized carbons (Fsp3) is 0.312. The van der Waals surface area contributed by atoms with Gasteiger partial charge in [-0.05, 0) is 60.7 Å². The Balaban J connectivity index is 1.61. The highest BCUT2D eigenvalue weighted by Crippen LogP contribution is 2.38. The standard InChI is InChI=1S/C32H36ClN5O2/c1-20(2)19-40-29-10-6-8-22(4)30(29)38-31(23-11-13-24(14-12-23)35-32(34)39)26-18-37(16-15-28(26)36-38)17-25-21(3)7-5-9-27(25)33/h5-14,20H,15-19H2,1-4H3,(H3,34,35,39). The molecule has 8 heteroatoms. The summed E-state index contributed by atoms with van der Waals surface area (Å²) in [5, 5.41) is 8.64. The quantitative estimate of drug-likeness (QED) is 0.247.